The Hall–Kier alpha value is -2.03. The van der Waals surface area contributed by atoms with Crippen LogP contribution >= 0.6 is 23.4 Å². The van der Waals surface area contributed by atoms with Crippen molar-refractivity contribution < 1.29 is 17.9 Å². The van der Waals surface area contributed by atoms with Crippen molar-refractivity contribution in [1.29, 1.82) is 0 Å². The van der Waals surface area contributed by atoms with Crippen molar-refractivity contribution in [3.05, 3.63) is 64.7 Å². The minimum absolute atomic E-state index is 0.0901. The average Bonchev–Trinajstić information content (AvgIpc) is 3.19. The van der Waals surface area contributed by atoms with Crippen LogP contribution in [0.15, 0.2) is 53.5 Å². The molecule has 1 amide bonds. The van der Waals surface area contributed by atoms with Gasteiger partial charge in [0.15, 0.2) is 15.0 Å². The number of halogens is 1. The summed E-state index contributed by atoms with van der Waals surface area (Å²) < 4.78 is 29.5. The Labute approximate surface area is 191 Å². The number of hydrogen-bond acceptors (Lipinski definition) is 5. The number of amides is 1. The van der Waals surface area contributed by atoms with Gasteiger partial charge in [-0.2, -0.15) is 4.99 Å². The third kappa shape index (κ3) is 5.25. The number of amidine groups is 1. The molecular weight excluding hydrogens is 456 g/mol. The number of hydrogen-bond donors (Lipinski definition) is 0. The molecule has 31 heavy (non-hydrogen) atoms. The maximum Gasteiger partial charge on any atom is 0.252 e. The number of sulfone groups is 1. The summed E-state index contributed by atoms with van der Waals surface area (Å²) in [6.45, 7) is 0.591. The van der Waals surface area contributed by atoms with Crippen LogP contribution in [0.2, 0.25) is 5.02 Å². The summed E-state index contributed by atoms with van der Waals surface area (Å²) >= 11 is 7.57. The Balaban J connectivity index is 1.51. The standard InChI is InChI=1S/C22H23ClN2O4S2/c1-29-17-8-6-15(7-9-17)10-11-25-19-13-31(27,28)14-20(19)30-22(25)24-21(26)12-16-4-2-3-5-18(16)23/h2-9,19-20H,10-14H2,1H3/t19-,20+/m1/s1. The van der Waals surface area contributed by atoms with Crippen molar-refractivity contribution in [3.63, 3.8) is 0 Å². The summed E-state index contributed by atoms with van der Waals surface area (Å²) in [7, 11) is -1.45. The Morgan fingerprint density at radius 3 is 2.65 bits per heavy atom. The fourth-order valence-electron chi connectivity index (χ4n) is 3.89. The fourth-order valence-corrected chi connectivity index (χ4v) is 8.09. The Kier molecular flexibility index (Phi) is 6.60. The monoisotopic (exact) mass is 478 g/mol. The molecule has 6 nitrogen and oxygen atoms in total. The van der Waals surface area contributed by atoms with Crippen LogP contribution < -0.4 is 4.74 Å². The highest BCUT2D eigenvalue weighted by Crippen LogP contribution is 2.38. The number of thioether (sulfide) groups is 1. The smallest absolute Gasteiger partial charge is 0.252 e. The third-order valence-electron chi connectivity index (χ3n) is 5.50. The van der Waals surface area contributed by atoms with Gasteiger partial charge < -0.3 is 9.64 Å². The minimum atomic E-state index is -3.07. The first kappa shape index (κ1) is 22.2. The maximum atomic E-state index is 12.6. The van der Waals surface area contributed by atoms with Gasteiger partial charge in [0, 0.05) is 16.8 Å². The molecule has 4 rings (SSSR count). The van der Waals surface area contributed by atoms with E-state index in [9.17, 15) is 13.2 Å². The third-order valence-corrected chi connectivity index (χ3v) is 9.11. The van der Waals surface area contributed by atoms with Crippen LogP contribution in [0.3, 0.4) is 0 Å². The molecule has 2 aliphatic heterocycles. The summed E-state index contributed by atoms with van der Waals surface area (Å²) in [5.74, 6) is 0.729. The van der Waals surface area contributed by atoms with Crippen LogP contribution in [-0.2, 0) is 27.5 Å². The Bertz CT molecular complexity index is 1100. The maximum absolute atomic E-state index is 12.6. The normalized spacial score (nSPS) is 23.2. The molecule has 0 N–H and O–H groups in total. The predicted octanol–water partition coefficient (Wildman–Crippen LogP) is 3.23. The molecule has 2 fully saturated rings. The number of ether oxygens (including phenoxy) is 1. The van der Waals surface area contributed by atoms with Gasteiger partial charge in [-0.1, -0.05) is 53.7 Å². The second kappa shape index (κ2) is 9.22. The summed E-state index contributed by atoms with van der Waals surface area (Å²) in [4.78, 5) is 19.0. The van der Waals surface area contributed by atoms with Gasteiger partial charge >= 0.3 is 0 Å². The van der Waals surface area contributed by atoms with E-state index in [-0.39, 0.29) is 35.1 Å². The highest BCUT2D eigenvalue weighted by atomic mass is 35.5. The summed E-state index contributed by atoms with van der Waals surface area (Å²) in [6.07, 6.45) is 0.829. The quantitative estimate of drug-likeness (QED) is 0.634. The van der Waals surface area contributed by atoms with E-state index in [4.69, 9.17) is 16.3 Å². The second-order valence-corrected chi connectivity index (χ2v) is 11.4. The van der Waals surface area contributed by atoms with Gasteiger partial charge in [-0.3, -0.25) is 4.79 Å². The largest absolute Gasteiger partial charge is 0.497 e. The zero-order chi connectivity index (χ0) is 22.0. The number of benzene rings is 2. The molecule has 9 heteroatoms. The number of methoxy groups -OCH3 is 1. The van der Waals surface area contributed by atoms with E-state index in [1.807, 2.05) is 47.4 Å². The highest BCUT2D eigenvalue weighted by molar-refractivity contribution is 8.15. The Morgan fingerprint density at radius 1 is 1.19 bits per heavy atom. The molecule has 2 aliphatic rings. The lowest BCUT2D eigenvalue weighted by molar-refractivity contribution is -0.117. The molecule has 0 saturated carbocycles. The molecule has 2 atom stereocenters. The van der Waals surface area contributed by atoms with Gasteiger partial charge in [0.2, 0.25) is 0 Å². The lowest BCUT2D eigenvalue weighted by atomic mass is 10.1. The number of aliphatic imine (C=N–C) groups is 1. The van der Waals surface area contributed by atoms with E-state index in [1.54, 1.807) is 13.2 Å². The van der Waals surface area contributed by atoms with Gasteiger partial charge in [-0.15, -0.1) is 0 Å². The van der Waals surface area contributed by atoms with Crippen molar-refractivity contribution in [3.8, 4) is 5.75 Å². The number of carbonyl (C=O) groups is 1. The van der Waals surface area contributed by atoms with Crippen molar-refractivity contribution in [2.75, 3.05) is 25.2 Å². The fraction of sp³-hybridized carbons (Fsp3) is 0.364. The van der Waals surface area contributed by atoms with Crippen LogP contribution in [0.4, 0.5) is 0 Å². The summed E-state index contributed by atoms with van der Waals surface area (Å²) in [5.41, 5.74) is 1.84. The van der Waals surface area contributed by atoms with Gasteiger partial charge in [0.25, 0.3) is 5.91 Å². The van der Waals surface area contributed by atoms with Gasteiger partial charge in [-0.25, -0.2) is 8.42 Å². The van der Waals surface area contributed by atoms with E-state index in [0.29, 0.717) is 23.2 Å². The molecule has 0 bridgehead atoms. The highest BCUT2D eigenvalue weighted by Gasteiger charge is 2.48. The molecule has 0 unspecified atom stereocenters. The number of carbonyl (C=O) groups excluding carboxylic acids is 1. The average molecular weight is 479 g/mol. The molecule has 2 aromatic carbocycles. The minimum Gasteiger partial charge on any atom is -0.497 e. The van der Waals surface area contributed by atoms with Crippen LogP contribution in [0.5, 0.6) is 5.75 Å². The first-order chi connectivity index (χ1) is 14.8. The van der Waals surface area contributed by atoms with E-state index in [0.717, 1.165) is 16.9 Å². The van der Waals surface area contributed by atoms with Gasteiger partial charge in [0.1, 0.15) is 5.75 Å². The van der Waals surface area contributed by atoms with Gasteiger partial charge in [-0.05, 0) is 35.7 Å². The first-order valence-corrected chi connectivity index (χ1v) is 13.0. The Morgan fingerprint density at radius 2 is 1.94 bits per heavy atom. The van der Waals surface area contributed by atoms with Crippen LogP contribution in [0, 0.1) is 0 Å². The van der Waals surface area contributed by atoms with Crippen LogP contribution in [0.1, 0.15) is 11.1 Å². The van der Waals surface area contributed by atoms with E-state index in [2.05, 4.69) is 4.99 Å². The van der Waals surface area contributed by atoms with Gasteiger partial charge in [0.05, 0.1) is 31.1 Å². The summed E-state index contributed by atoms with van der Waals surface area (Å²) in [5, 5.41) is 1.05. The lowest BCUT2D eigenvalue weighted by Crippen LogP contribution is -2.39. The molecule has 2 heterocycles. The molecule has 0 radical (unpaired) electrons. The zero-order valence-electron chi connectivity index (χ0n) is 17.0. The molecule has 2 aromatic rings. The molecule has 0 aromatic heterocycles. The van der Waals surface area contributed by atoms with Crippen molar-refractivity contribution in [2.24, 2.45) is 4.99 Å². The lowest BCUT2D eigenvalue weighted by Gasteiger charge is -2.24. The zero-order valence-corrected chi connectivity index (χ0v) is 19.4. The summed E-state index contributed by atoms with van der Waals surface area (Å²) in [6, 6.07) is 14.8. The predicted molar refractivity (Wildman–Crippen MR) is 125 cm³/mol. The second-order valence-electron chi connectivity index (χ2n) is 7.65. The topological polar surface area (TPSA) is 76.0 Å². The van der Waals surface area contributed by atoms with E-state index < -0.39 is 9.84 Å². The van der Waals surface area contributed by atoms with E-state index in [1.165, 1.54) is 11.8 Å². The number of fused-ring (bicyclic) bond motifs is 1. The molecule has 2 saturated heterocycles. The SMILES string of the molecule is COc1ccc(CCN2C(=NC(=O)Cc3ccccc3Cl)S[C@H]3CS(=O)(=O)C[C@H]32)cc1. The van der Waals surface area contributed by atoms with Crippen molar-refractivity contribution in [2.45, 2.75) is 24.1 Å². The van der Waals surface area contributed by atoms with Crippen LogP contribution in [-0.4, -0.2) is 60.8 Å². The van der Waals surface area contributed by atoms with Crippen LogP contribution in [0.25, 0.3) is 0 Å². The molecule has 164 valence electrons. The van der Waals surface area contributed by atoms with Crippen molar-refractivity contribution in [1.82, 2.24) is 4.90 Å². The first-order valence-electron chi connectivity index (χ1n) is 9.96. The number of rotatable bonds is 6. The molecule has 0 spiro atoms. The van der Waals surface area contributed by atoms with E-state index >= 15 is 0 Å². The molecule has 0 aliphatic carbocycles. The molecular formula is C22H23ClN2O4S2. The van der Waals surface area contributed by atoms with Crippen molar-refractivity contribution >= 4 is 44.3 Å². The number of nitrogens with zero attached hydrogens (tertiary/aromatic N) is 2.